The van der Waals surface area contributed by atoms with E-state index < -0.39 is 0 Å². The fraction of sp³-hybridized carbons (Fsp3) is 0.467. The van der Waals surface area contributed by atoms with Crippen LogP contribution in [-0.4, -0.2) is 6.54 Å². The first-order valence-electron chi connectivity index (χ1n) is 6.50. The molecule has 104 valence electrons. The summed E-state index contributed by atoms with van der Waals surface area (Å²) in [5.41, 5.74) is 0.229. The third-order valence-electron chi connectivity index (χ3n) is 2.97. The van der Waals surface area contributed by atoms with E-state index in [1.807, 2.05) is 11.3 Å². The second kappa shape index (κ2) is 6.08. The van der Waals surface area contributed by atoms with Crippen molar-refractivity contribution in [3.05, 3.63) is 42.7 Å². The molecule has 0 aliphatic heterocycles. The summed E-state index contributed by atoms with van der Waals surface area (Å²) in [5.74, 6) is 0. The van der Waals surface area contributed by atoms with Crippen molar-refractivity contribution in [2.75, 3.05) is 6.54 Å². The molecule has 4 heteroatoms. The number of hydrogen-bond donors (Lipinski definition) is 1. The molecule has 2 aromatic rings. The van der Waals surface area contributed by atoms with E-state index >= 15 is 0 Å². The van der Waals surface area contributed by atoms with Crippen molar-refractivity contribution in [2.45, 2.75) is 39.2 Å². The Labute approximate surface area is 132 Å². The molecule has 2 heterocycles. The maximum Gasteiger partial charge on any atom is 0.0776 e. The first-order chi connectivity index (χ1) is 8.93. The topological polar surface area (TPSA) is 12.0 Å². The third-order valence-corrected chi connectivity index (χ3v) is 6.48. The van der Waals surface area contributed by atoms with Gasteiger partial charge in [-0.25, -0.2) is 0 Å². The van der Waals surface area contributed by atoms with Gasteiger partial charge in [-0.2, -0.15) is 0 Å². The highest BCUT2D eigenvalue weighted by Gasteiger charge is 2.22. The summed E-state index contributed by atoms with van der Waals surface area (Å²) in [6.45, 7) is 9.94. The van der Waals surface area contributed by atoms with E-state index in [0.717, 1.165) is 6.54 Å². The zero-order valence-corrected chi connectivity index (χ0v) is 15.0. The van der Waals surface area contributed by atoms with Crippen LogP contribution in [0.5, 0.6) is 0 Å². The second-order valence-electron chi connectivity index (χ2n) is 5.58. The van der Waals surface area contributed by atoms with Crippen LogP contribution in [0.4, 0.5) is 0 Å². The smallest absolute Gasteiger partial charge is 0.0776 e. The monoisotopic (exact) mass is 357 g/mol. The van der Waals surface area contributed by atoms with Crippen molar-refractivity contribution >= 4 is 38.6 Å². The van der Waals surface area contributed by atoms with Crippen molar-refractivity contribution < 1.29 is 0 Å². The Bertz CT molecular complexity index is 536. The molecular weight excluding hydrogens is 338 g/mol. The maximum atomic E-state index is 3.66. The molecule has 2 aromatic heterocycles. The van der Waals surface area contributed by atoms with E-state index in [0.29, 0.717) is 6.04 Å². The van der Waals surface area contributed by atoms with Crippen molar-refractivity contribution in [1.82, 2.24) is 5.32 Å². The molecule has 0 saturated heterocycles. The average Bonchev–Trinajstić information content (AvgIpc) is 2.94. The van der Waals surface area contributed by atoms with Crippen LogP contribution < -0.4 is 5.32 Å². The summed E-state index contributed by atoms with van der Waals surface area (Å²) in [7, 11) is 0. The fourth-order valence-electron chi connectivity index (χ4n) is 1.95. The zero-order valence-electron chi connectivity index (χ0n) is 11.8. The minimum absolute atomic E-state index is 0.229. The Morgan fingerprint density at radius 1 is 1.26 bits per heavy atom. The van der Waals surface area contributed by atoms with Gasteiger partial charge < -0.3 is 5.32 Å². The summed E-state index contributed by atoms with van der Waals surface area (Å²) in [6.07, 6.45) is 0. The van der Waals surface area contributed by atoms with Crippen LogP contribution in [0.15, 0.2) is 28.1 Å². The average molecular weight is 358 g/mol. The lowest BCUT2D eigenvalue weighted by atomic mass is 9.95. The van der Waals surface area contributed by atoms with E-state index in [4.69, 9.17) is 0 Å². The van der Waals surface area contributed by atoms with Gasteiger partial charge in [-0.15, -0.1) is 22.7 Å². The summed E-state index contributed by atoms with van der Waals surface area (Å²) < 4.78 is 1.20. The minimum Gasteiger partial charge on any atom is -0.305 e. The quantitative estimate of drug-likeness (QED) is 0.754. The van der Waals surface area contributed by atoms with E-state index in [-0.39, 0.29) is 5.41 Å². The summed E-state index contributed by atoms with van der Waals surface area (Å²) in [4.78, 5) is 4.21. The van der Waals surface area contributed by atoms with Gasteiger partial charge in [-0.3, -0.25) is 0 Å². The Balaban J connectivity index is 2.35. The van der Waals surface area contributed by atoms with Gasteiger partial charge >= 0.3 is 0 Å². The van der Waals surface area contributed by atoms with Crippen LogP contribution in [0.1, 0.15) is 48.4 Å². The molecule has 0 aliphatic rings. The van der Waals surface area contributed by atoms with Crippen LogP contribution in [0, 0.1) is 0 Å². The van der Waals surface area contributed by atoms with Crippen molar-refractivity contribution in [3.8, 4) is 0 Å². The van der Waals surface area contributed by atoms with Gasteiger partial charge in [-0.1, -0.05) is 27.7 Å². The Morgan fingerprint density at radius 2 is 2.00 bits per heavy atom. The first-order valence-corrected chi connectivity index (χ1v) is 8.99. The van der Waals surface area contributed by atoms with Crippen LogP contribution in [0.3, 0.4) is 0 Å². The van der Waals surface area contributed by atoms with E-state index in [1.165, 1.54) is 19.1 Å². The van der Waals surface area contributed by atoms with E-state index in [1.54, 1.807) is 11.3 Å². The van der Waals surface area contributed by atoms with Gasteiger partial charge in [0.1, 0.15) is 0 Å². The molecule has 19 heavy (non-hydrogen) atoms. The van der Waals surface area contributed by atoms with Gasteiger partial charge in [0.2, 0.25) is 0 Å². The molecule has 0 aromatic carbocycles. The standard InChI is InChI=1S/C15H20BrNS2/c1-5-17-13(14-10(16)8-9-18-14)11-6-7-12(19-11)15(2,3)4/h6-9,13,17H,5H2,1-4H3. The second-order valence-corrected chi connectivity index (χ2v) is 8.49. The number of hydrogen-bond acceptors (Lipinski definition) is 3. The molecule has 1 atom stereocenters. The molecule has 0 radical (unpaired) electrons. The molecule has 0 amide bonds. The van der Waals surface area contributed by atoms with Gasteiger partial charge in [-0.05, 0) is 51.5 Å². The molecule has 2 rings (SSSR count). The van der Waals surface area contributed by atoms with Crippen molar-refractivity contribution in [1.29, 1.82) is 0 Å². The summed E-state index contributed by atoms with van der Waals surface area (Å²) in [6, 6.07) is 6.97. The predicted octanol–water partition coefficient (Wildman–Crippen LogP) is 5.57. The van der Waals surface area contributed by atoms with E-state index in [9.17, 15) is 0 Å². The van der Waals surface area contributed by atoms with Gasteiger partial charge in [0.25, 0.3) is 0 Å². The first kappa shape index (κ1) is 15.2. The SMILES string of the molecule is CCNC(c1ccc(C(C)(C)C)s1)c1sccc1Br. The van der Waals surface area contributed by atoms with Crippen LogP contribution in [0.25, 0.3) is 0 Å². The molecule has 0 fully saturated rings. The molecule has 1 nitrogen and oxygen atoms in total. The Morgan fingerprint density at radius 3 is 2.47 bits per heavy atom. The Kier molecular flexibility index (Phi) is 4.88. The number of thiophene rings is 2. The van der Waals surface area contributed by atoms with Crippen LogP contribution in [0.2, 0.25) is 0 Å². The third kappa shape index (κ3) is 3.48. The number of nitrogens with one attached hydrogen (secondary N) is 1. The predicted molar refractivity (Wildman–Crippen MR) is 90.6 cm³/mol. The summed E-state index contributed by atoms with van der Waals surface area (Å²) in [5, 5.41) is 5.74. The Hall–Kier alpha value is -0.160. The van der Waals surface area contributed by atoms with Crippen molar-refractivity contribution in [3.63, 3.8) is 0 Å². The molecular formula is C15H20BrNS2. The molecule has 0 saturated carbocycles. The number of halogens is 1. The lowest BCUT2D eigenvalue weighted by molar-refractivity contribution is 0.604. The van der Waals surface area contributed by atoms with Gasteiger partial charge in [0, 0.05) is 19.1 Å². The van der Waals surface area contributed by atoms with Crippen LogP contribution in [-0.2, 0) is 5.41 Å². The summed E-state index contributed by atoms with van der Waals surface area (Å²) >= 11 is 7.38. The minimum atomic E-state index is 0.229. The lowest BCUT2D eigenvalue weighted by Gasteiger charge is -2.18. The van der Waals surface area contributed by atoms with Gasteiger partial charge in [0.05, 0.1) is 6.04 Å². The van der Waals surface area contributed by atoms with Crippen molar-refractivity contribution in [2.24, 2.45) is 0 Å². The molecule has 1 unspecified atom stereocenters. The molecule has 0 bridgehead atoms. The largest absolute Gasteiger partial charge is 0.305 e. The highest BCUT2D eigenvalue weighted by atomic mass is 79.9. The normalized spacial score (nSPS) is 13.7. The van der Waals surface area contributed by atoms with Crippen LogP contribution >= 0.6 is 38.6 Å². The fourth-order valence-corrected chi connectivity index (χ4v) is 4.87. The molecule has 0 spiro atoms. The van der Waals surface area contributed by atoms with Gasteiger partial charge in [0.15, 0.2) is 0 Å². The molecule has 0 aliphatic carbocycles. The highest BCUT2D eigenvalue weighted by Crippen LogP contribution is 2.38. The molecule has 1 N–H and O–H groups in total. The zero-order chi connectivity index (χ0) is 14.0. The highest BCUT2D eigenvalue weighted by molar-refractivity contribution is 9.10. The lowest BCUT2D eigenvalue weighted by Crippen LogP contribution is -2.20. The van der Waals surface area contributed by atoms with E-state index in [2.05, 4.69) is 72.5 Å². The number of rotatable bonds is 4. The maximum absolute atomic E-state index is 3.66.